The molecule has 27 heavy (non-hydrogen) atoms. The van der Waals surface area contributed by atoms with Crippen LogP contribution in [-0.2, 0) is 0 Å². The van der Waals surface area contributed by atoms with E-state index in [1.54, 1.807) is 0 Å². The highest BCUT2D eigenvalue weighted by molar-refractivity contribution is 4.52. The highest BCUT2D eigenvalue weighted by atomic mass is 15.3. The Morgan fingerprint density at radius 1 is 0.296 bits per heavy atom. The van der Waals surface area contributed by atoms with Crippen molar-refractivity contribution in [2.45, 2.75) is 143 Å². The van der Waals surface area contributed by atoms with Gasteiger partial charge < -0.3 is 4.48 Å². The molecule has 0 fully saturated rings. The summed E-state index contributed by atoms with van der Waals surface area (Å²) in [5.41, 5.74) is 0. The third-order valence-electron chi connectivity index (χ3n) is 6.37. The molecule has 0 amide bonds. The minimum absolute atomic E-state index is 1.36. The average Bonchev–Trinajstić information content (AvgIpc) is 2.66. The van der Waals surface area contributed by atoms with Gasteiger partial charge in [0.15, 0.2) is 0 Å². The molecule has 0 atom stereocenters. The van der Waals surface area contributed by atoms with Gasteiger partial charge in [0.05, 0.1) is 26.2 Å². The van der Waals surface area contributed by atoms with Gasteiger partial charge >= 0.3 is 0 Å². The van der Waals surface area contributed by atoms with Gasteiger partial charge in [-0.1, -0.05) is 105 Å². The second kappa shape index (κ2) is 20.7. The van der Waals surface area contributed by atoms with E-state index in [2.05, 4.69) is 27.7 Å². The summed E-state index contributed by atoms with van der Waals surface area (Å²) < 4.78 is 1.43. The van der Waals surface area contributed by atoms with Crippen molar-refractivity contribution in [3.05, 3.63) is 0 Å². The first kappa shape index (κ1) is 27.0. The lowest BCUT2D eigenvalue weighted by atomic mass is 10.1. The van der Waals surface area contributed by atoms with E-state index in [0.717, 1.165) is 0 Å². The summed E-state index contributed by atoms with van der Waals surface area (Å²) >= 11 is 0. The average molecular weight is 383 g/mol. The Bertz CT molecular complexity index is 245. The summed E-state index contributed by atoms with van der Waals surface area (Å²) in [6, 6.07) is 0. The Kier molecular flexibility index (Phi) is 20.7. The zero-order chi connectivity index (χ0) is 20.1. The van der Waals surface area contributed by atoms with Crippen molar-refractivity contribution >= 4 is 0 Å². The van der Waals surface area contributed by atoms with Crippen LogP contribution in [0.2, 0.25) is 0 Å². The predicted molar refractivity (Wildman–Crippen MR) is 126 cm³/mol. The van der Waals surface area contributed by atoms with Gasteiger partial charge in [0.2, 0.25) is 0 Å². The van der Waals surface area contributed by atoms with E-state index >= 15 is 0 Å². The monoisotopic (exact) mass is 382 g/mol. The molecule has 0 bridgehead atoms. The molecule has 1 heteroatoms. The van der Waals surface area contributed by atoms with Crippen molar-refractivity contribution in [1.29, 1.82) is 0 Å². The third-order valence-corrected chi connectivity index (χ3v) is 6.37. The number of nitrogens with zero attached hydrogens (tertiary/aromatic N) is 1. The van der Waals surface area contributed by atoms with Gasteiger partial charge in [-0.05, 0) is 38.5 Å². The van der Waals surface area contributed by atoms with Crippen LogP contribution >= 0.6 is 0 Å². The minimum Gasteiger partial charge on any atom is -0.324 e. The zero-order valence-electron chi connectivity index (χ0n) is 20.0. The van der Waals surface area contributed by atoms with Crippen LogP contribution in [0.1, 0.15) is 143 Å². The Morgan fingerprint density at radius 2 is 0.593 bits per heavy atom. The molecule has 0 aliphatic heterocycles. The maximum Gasteiger partial charge on any atom is 0.0786 e. The van der Waals surface area contributed by atoms with Crippen LogP contribution in [0.25, 0.3) is 0 Å². The Hall–Kier alpha value is -0.0400. The smallest absolute Gasteiger partial charge is 0.0786 e. The largest absolute Gasteiger partial charge is 0.324 e. The van der Waals surface area contributed by atoms with Crippen LogP contribution in [-0.4, -0.2) is 30.7 Å². The molecule has 0 heterocycles. The van der Waals surface area contributed by atoms with Crippen molar-refractivity contribution < 1.29 is 4.48 Å². The minimum atomic E-state index is 1.36. The first-order valence-corrected chi connectivity index (χ1v) is 13.1. The van der Waals surface area contributed by atoms with E-state index in [9.17, 15) is 0 Å². The molecule has 1 nitrogen and oxygen atoms in total. The van der Waals surface area contributed by atoms with Crippen molar-refractivity contribution in [3.63, 3.8) is 0 Å². The molecule has 0 radical (unpaired) electrons. The van der Waals surface area contributed by atoms with Crippen LogP contribution in [0.4, 0.5) is 0 Å². The lowest BCUT2D eigenvalue weighted by molar-refractivity contribution is -0.928. The first-order valence-electron chi connectivity index (χ1n) is 13.1. The maximum atomic E-state index is 2.39. The molecule has 0 N–H and O–H groups in total. The van der Waals surface area contributed by atoms with E-state index in [1.165, 1.54) is 146 Å². The predicted octanol–water partition coefficient (Wildman–Crippen LogP) is 8.90. The lowest BCUT2D eigenvalue weighted by Gasteiger charge is -2.39. The molecule has 0 aliphatic carbocycles. The molecule has 0 saturated carbocycles. The van der Waals surface area contributed by atoms with E-state index in [1.807, 2.05) is 0 Å². The molecule has 0 aliphatic rings. The topological polar surface area (TPSA) is 0 Å². The fraction of sp³-hybridized carbons (Fsp3) is 1.00. The van der Waals surface area contributed by atoms with Gasteiger partial charge in [0, 0.05) is 0 Å². The summed E-state index contributed by atoms with van der Waals surface area (Å²) in [5.74, 6) is 0. The van der Waals surface area contributed by atoms with E-state index in [0.29, 0.717) is 0 Å². The molecule has 0 aromatic heterocycles. The normalized spacial score (nSPS) is 12.0. The number of hydrogen-bond donors (Lipinski definition) is 0. The highest BCUT2D eigenvalue weighted by Crippen LogP contribution is 2.18. The van der Waals surface area contributed by atoms with Crippen LogP contribution < -0.4 is 0 Å². The van der Waals surface area contributed by atoms with Crippen molar-refractivity contribution in [2.24, 2.45) is 0 Å². The summed E-state index contributed by atoms with van der Waals surface area (Å²) in [7, 11) is 0. The summed E-state index contributed by atoms with van der Waals surface area (Å²) in [5, 5.41) is 0. The SMILES string of the molecule is CCCCCCCCCC[N+](CCC)(CCC)CCCCCCCCCC. The van der Waals surface area contributed by atoms with Crippen LogP contribution in [0, 0.1) is 0 Å². The highest BCUT2D eigenvalue weighted by Gasteiger charge is 2.24. The molecular formula is C26H56N+. The first-order chi connectivity index (χ1) is 13.2. The summed E-state index contributed by atoms with van der Waals surface area (Å²) in [4.78, 5) is 0. The van der Waals surface area contributed by atoms with Crippen LogP contribution in [0.3, 0.4) is 0 Å². The lowest BCUT2D eigenvalue weighted by Crippen LogP contribution is -2.50. The van der Waals surface area contributed by atoms with Gasteiger partial charge in [0.25, 0.3) is 0 Å². The van der Waals surface area contributed by atoms with Crippen molar-refractivity contribution in [3.8, 4) is 0 Å². The third kappa shape index (κ3) is 16.6. The molecule has 0 unspecified atom stereocenters. The molecule has 0 saturated heterocycles. The van der Waals surface area contributed by atoms with E-state index < -0.39 is 0 Å². The van der Waals surface area contributed by atoms with E-state index in [4.69, 9.17) is 0 Å². The maximum absolute atomic E-state index is 2.39. The molecule has 0 aromatic rings. The molecule has 164 valence electrons. The summed E-state index contributed by atoms with van der Waals surface area (Å²) in [6.45, 7) is 15.1. The molecule has 0 spiro atoms. The molecule has 0 aromatic carbocycles. The Morgan fingerprint density at radius 3 is 0.889 bits per heavy atom. The van der Waals surface area contributed by atoms with E-state index in [-0.39, 0.29) is 0 Å². The number of quaternary nitrogens is 1. The standard InChI is InChI=1S/C26H56N/c1-5-9-11-13-15-17-19-21-25-27(23-7-3,24-8-4)26-22-20-18-16-14-12-10-6-2/h5-26H2,1-4H3/q+1. The Balaban J connectivity index is 4.01. The number of hydrogen-bond acceptors (Lipinski definition) is 0. The van der Waals surface area contributed by atoms with Crippen molar-refractivity contribution in [1.82, 2.24) is 0 Å². The molecule has 0 rings (SSSR count). The fourth-order valence-corrected chi connectivity index (χ4v) is 4.78. The van der Waals surface area contributed by atoms with Crippen molar-refractivity contribution in [2.75, 3.05) is 26.2 Å². The van der Waals surface area contributed by atoms with Gasteiger partial charge in [-0.25, -0.2) is 0 Å². The van der Waals surface area contributed by atoms with Gasteiger partial charge in [-0.15, -0.1) is 0 Å². The second-order valence-electron chi connectivity index (χ2n) is 9.19. The van der Waals surface area contributed by atoms with Gasteiger partial charge in [-0.2, -0.15) is 0 Å². The Labute approximate surface area is 174 Å². The van der Waals surface area contributed by atoms with Crippen LogP contribution in [0.15, 0.2) is 0 Å². The van der Waals surface area contributed by atoms with Gasteiger partial charge in [-0.3, -0.25) is 0 Å². The summed E-state index contributed by atoms with van der Waals surface area (Å²) in [6.07, 6.45) is 25.9. The second-order valence-corrected chi connectivity index (χ2v) is 9.19. The molecular weight excluding hydrogens is 326 g/mol. The van der Waals surface area contributed by atoms with Gasteiger partial charge in [0.1, 0.15) is 0 Å². The quantitative estimate of drug-likeness (QED) is 0.129. The zero-order valence-corrected chi connectivity index (χ0v) is 20.0. The number of unbranched alkanes of at least 4 members (excludes halogenated alkanes) is 14. The fourth-order valence-electron chi connectivity index (χ4n) is 4.78. The van der Waals surface area contributed by atoms with Crippen LogP contribution in [0.5, 0.6) is 0 Å². The number of rotatable bonds is 22.